The molecule has 0 radical (unpaired) electrons. The lowest BCUT2D eigenvalue weighted by molar-refractivity contribution is 0.555. The number of aromatic amines is 1. The molecule has 0 amide bonds. The number of sulfonamides is 1. The summed E-state index contributed by atoms with van der Waals surface area (Å²) >= 11 is 5.81. The Bertz CT molecular complexity index is 975. The van der Waals surface area contributed by atoms with Crippen molar-refractivity contribution in [2.24, 2.45) is 0 Å². The predicted octanol–water partition coefficient (Wildman–Crippen LogP) is 2.58. The van der Waals surface area contributed by atoms with Gasteiger partial charge in [-0.2, -0.15) is 0 Å². The number of H-pyrrole nitrogens is 1. The zero-order valence-electron chi connectivity index (χ0n) is 10.5. The summed E-state index contributed by atoms with van der Waals surface area (Å²) < 4.78 is 31.8. The Morgan fingerprint density at radius 2 is 1.95 bits per heavy atom. The summed E-state index contributed by atoms with van der Waals surface area (Å²) in [7, 11) is -3.78. The number of aromatic nitrogens is 1. The van der Waals surface area contributed by atoms with Gasteiger partial charge in [-0.05, 0) is 36.4 Å². The smallest absolute Gasteiger partial charge is 0.408 e. The third-order valence-electron chi connectivity index (χ3n) is 2.78. The monoisotopic (exact) mass is 324 g/mol. The van der Waals surface area contributed by atoms with Gasteiger partial charge in [0.2, 0.25) is 0 Å². The maximum Gasteiger partial charge on any atom is 0.417 e. The van der Waals surface area contributed by atoms with Crippen LogP contribution in [0.4, 0.5) is 5.69 Å². The Morgan fingerprint density at radius 1 is 1.14 bits per heavy atom. The molecule has 2 aromatic carbocycles. The summed E-state index contributed by atoms with van der Waals surface area (Å²) in [6.45, 7) is 0. The summed E-state index contributed by atoms with van der Waals surface area (Å²) in [5, 5.41) is 0.421. The van der Waals surface area contributed by atoms with Crippen LogP contribution >= 0.6 is 11.6 Å². The largest absolute Gasteiger partial charge is 0.417 e. The highest BCUT2D eigenvalue weighted by atomic mass is 35.5. The standard InChI is InChI=1S/C13H9ClN2O4S/c14-8-2-1-3-9(6-8)16-21(18,19)10-4-5-12-11(7-10)15-13(17)20-12/h1-7,16H,(H,15,17). The molecule has 0 saturated heterocycles. The maximum atomic E-state index is 12.3. The van der Waals surface area contributed by atoms with Crippen LogP contribution in [-0.2, 0) is 10.0 Å². The van der Waals surface area contributed by atoms with E-state index in [9.17, 15) is 13.2 Å². The summed E-state index contributed by atoms with van der Waals surface area (Å²) in [5.41, 5.74) is 0.957. The van der Waals surface area contributed by atoms with Crippen LogP contribution in [0.3, 0.4) is 0 Å². The Kier molecular flexibility index (Phi) is 3.23. The van der Waals surface area contributed by atoms with Crippen LogP contribution in [0, 0.1) is 0 Å². The van der Waals surface area contributed by atoms with Gasteiger partial charge in [0.1, 0.15) is 0 Å². The highest BCUT2D eigenvalue weighted by molar-refractivity contribution is 7.92. The molecule has 0 aliphatic carbocycles. The second-order valence-corrected chi connectivity index (χ2v) is 6.41. The van der Waals surface area contributed by atoms with Gasteiger partial charge in [0.25, 0.3) is 10.0 Å². The molecule has 3 aromatic rings. The van der Waals surface area contributed by atoms with Gasteiger partial charge < -0.3 is 4.42 Å². The highest BCUT2D eigenvalue weighted by Gasteiger charge is 2.16. The first-order valence-corrected chi connectivity index (χ1v) is 7.71. The minimum Gasteiger partial charge on any atom is -0.408 e. The molecular formula is C13H9ClN2O4S. The molecule has 8 heteroatoms. The lowest BCUT2D eigenvalue weighted by Gasteiger charge is -2.08. The Hall–Kier alpha value is -2.25. The van der Waals surface area contributed by atoms with Crippen molar-refractivity contribution in [3.05, 3.63) is 58.0 Å². The summed E-state index contributed by atoms with van der Waals surface area (Å²) in [6, 6.07) is 10.5. The van der Waals surface area contributed by atoms with Crippen LogP contribution in [0.15, 0.2) is 56.6 Å². The van der Waals surface area contributed by atoms with Gasteiger partial charge in [-0.3, -0.25) is 9.71 Å². The van der Waals surface area contributed by atoms with Crippen molar-refractivity contribution in [1.29, 1.82) is 0 Å². The van der Waals surface area contributed by atoms with Gasteiger partial charge in [-0.15, -0.1) is 0 Å². The molecule has 0 fully saturated rings. The van der Waals surface area contributed by atoms with E-state index in [1.54, 1.807) is 18.2 Å². The Balaban J connectivity index is 2.01. The lowest BCUT2D eigenvalue weighted by Crippen LogP contribution is -2.12. The molecular weight excluding hydrogens is 316 g/mol. The second kappa shape index (κ2) is 4.94. The fourth-order valence-electron chi connectivity index (χ4n) is 1.86. The second-order valence-electron chi connectivity index (χ2n) is 4.29. The average Bonchev–Trinajstić information content (AvgIpc) is 2.77. The number of halogens is 1. The van der Waals surface area contributed by atoms with Crippen LogP contribution in [0.5, 0.6) is 0 Å². The third-order valence-corrected chi connectivity index (χ3v) is 4.39. The van der Waals surface area contributed by atoms with Crippen LogP contribution in [0.2, 0.25) is 5.02 Å². The van der Waals surface area contributed by atoms with E-state index < -0.39 is 15.8 Å². The highest BCUT2D eigenvalue weighted by Crippen LogP contribution is 2.21. The first-order valence-electron chi connectivity index (χ1n) is 5.85. The third kappa shape index (κ3) is 2.79. The molecule has 0 bridgehead atoms. The number of nitrogens with one attached hydrogen (secondary N) is 2. The SMILES string of the molecule is O=c1[nH]c2cc(S(=O)(=O)Nc3cccc(Cl)c3)ccc2o1. The van der Waals surface area contributed by atoms with Crippen LogP contribution < -0.4 is 10.5 Å². The minimum absolute atomic E-state index is 0.00651. The summed E-state index contributed by atoms with van der Waals surface area (Å²) in [5.74, 6) is -0.637. The van der Waals surface area contributed by atoms with Crippen molar-refractivity contribution >= 4 is 38.4 Å². The topological polar surface area (TPSA) is 92.2 Å². The number of hydrogen-bond acceptors (Lipinski definition) is 4. The van der Waals surface area contributed by atoms with E-state index >= 15 is 0 Å². The van der Waals surface area contributed by atoms with Gasteiger partial charge in [-0.1, -0.05) is 17.7 Å². The average molecular weight is 325 g/mol. The van der Waals surface area contributed by atoms with E-state index in [0.717, 1.165) is 0 Å². The van der Waals surface area contributed by atoms with E-state index in [-0.39, 0.29) is 4.90 Å². The van der Waals surface area contributed by atoms with Crippen molar-refractivity contribution in [1.82, 2.24) is 4.98 Å². The normalized spacial score (nSPS) is 11.7. The van der Waals surface area contributed by atoms with Gasteiger partial charge >= 0.3 is 5.76 Å². The van der Waals surface area contributed by atoms with Gasteiger partial charge in [0.15, 0.2) is 5.58 Å². The van der Waals surface area contributed by atoms with E-state index in [1.165, 1.54) is 24.3 Å². The number of rotatable bonds is 3. The fraction of sp³-hybridized carbons (Fsp3) is 0. The van der Waals surface area contributed by atoms with Crippen molar-refractivity contribution in [3.63, 3.8) is 0 Å². The zero-order chi connectivity index (χ0) is 15.0. The molecule has 1 aromatic heterocycles. The Labute approximate surface area is 124 Å². The first kappa shape index (κ1) is 13.7. The molecule has 0 saturated carbocycles. The quantitative estimate of drug-likeness (QED) is 0.774. The van der Waals surface area contributed by atoms with E-state index in [4.69, 9.17) is 16.0 Å². The van der Waals surface area contributed by atoms with Gasteiger partial charge in [-0.25, -0.2) is 13.2 Å². The summed E-state index contributed by atoms with van der Waals surface area (Å²) in [6.07, 6.45) is 0. The molecule has 0 aliphatic heterocycles. The molecule has 21 heavy (non-hydrogen) atoms. The van der Waals surface area contributed by atoms with Crippen molar-refractivity contribution in [3.8, 4) is 0 Å². The molecule has 0 aliphatic rings. The van der Waals surface area contributed by atoms with Gasteiger partial charge in [0, 0.05) is 5.02 Å². The zero-order valence-corrected chi connectivity index (χ0v) is 12.0. The molecule has 6 nitrogen and oxygen atoms in total. The van der Waals surface area contributed by atoms with Crippen LogP contribution in [-0.4, -0.2) is 13.4 Å². The summed E-state index contributed by atoms with van der Waals surface area (Å²) in [4.78, 5) is 13.5. The number of benzene rings is 2. The Morgan fingerprint density at radius 3 is 2.71 bits per heavy atom. The predicted molar refractivity (Wildman–Crippen MR) is 79.1 cm³/mol. The molecule has 108 valence electrons. The van der Waals surface area contributed by atoms with E-state index in [1.807, 2.05) is 0 Å². The number of hydrogen-bond donors (Lipinski definition) is 2. The fourth-order valence-corrected chi connectivity index (χ4v) is 3.13. The number of oxazole rings is 1. The molecule has 3 rings (SSSR count). The first-order chi connectivity index (χ1) is 9.94. The van der Waals surface area contributed by atoms with Crippen LogP contribution in [0.1, 0.15) is 0 Å². The molecule has 0 spiro atoms. The van der Waals surface area contributed by atoms with E-state index in [2.05, 4.69) is 9.71 Å². The van der Waals surface area contributed by atoms with Crippen LogP contribution in [0.25, 0.3) is 11.1 Å². The molecule has 1 heterocycles. The van der Waals surface area contributed by atoms with Crippen molar-refractivity contribution in [2.45, 2.75) is 4.90 Å². The minimum atomic E-state index is -3.78. The lowest BCUT2D eigenvalue weighted by atomic mass is 10.3. The van der Waals surface area contributed by atoms with Crippen molar-refractivity contribution < 1.29 is 12.8 Å². The van der Waals surface area contributed by atoms with Gasteiger partial charge in [0.05, 0.1) is 16.1 Å². The number of fused-ring (bicyclic) bond motifs is 1. The molecule has 0 unspecified atom stereocenters. The molecule has 2 N–H and O–H groups in total. The molecule has 0 atom stereocenters. The number of anilines is 1. The maximum absolute atomic E-state index is 12.3. The van der Waals surface area contributed by atoms with E-state index in [0.29, 0.717) is 21.8 Å². The van der Waals surface area contributed by atoms with Crippen molar-refractivity contribution in [2.75, 3.05) is 4.72 Å².